The maximum Gasteiger partial charge on any atom is 0.151 e. The van der Waals surface area contributed by atoms with Gasteiger partial charge in [-0.05, 0) is 57.1 Å². The molecule has 0 fully saturated rings. The lowest BCUT2D eigenvalue weighted by Gasteiger charge is -2.15. The molecule has 0 spiro atoms. The average molecular weight is 435 g/mol. The highest BCUT2D eigenvalue weighted by Crippen LogP contribution is 2.30. The zero-order chi connectivity index (χ0) is 21.8. The van der Waals surface area contributed by atoms with Crippen molar-refractivity contribution in [3.63, 3.8) is 0 Å². The van der Waals surface area contributed by atoms with E-state index >= 15 is 0 Å². The van der Waals surface area contributed by atoms with Crippen LogP contribution in [0.1, 0.15) is 49.4 Å². The summed E-state index contributed by atoms with van der Waals surface area (Å²) in [6, 6.07) is 3.71. The number of imidazole rings is 1. The third-order valence-electron chi connectivity index (χ3n) is 5.32. The van der Waals surface area contributed by atoms with E-state index in [-0.39, 0.29) is 6.10 Å². The molecule has 3 rings (SSSR count). The van der Waals surface area contributed by atoms with Crippen molar-refractivity contribution in [2.24, 2.45) is 0 Å². The van der Waals surface area contributed by atoms with Gasteiger partial charge in [0.2, 0.25) is 0 Å². The van der Waals surface area contributed by atoms with E-state index in [4.69, 9.17) is 15.5 Å². The number of nitrogen functional groups attached to an aromatic ring is 1. The Kier molecular flexibility index (Phi) is 7.31. The standard InChI is InChI=1S/C22H28F2N4OS/c1-13-14(2)26-21(25)19-20(13)28(22(27-19)15(3)29-4)10-6-5-7-11-30-18-9-8-16(23)12-17(18)24/h8-9,12,15H,5-7,10-11H2,1-4H3,(H2,25,26). The highest BCUT2D eigenvalue weighted by Gasteiger charge is 2.20. The number of rotatable bonds is 9. The van der Waals surface area contributed by atoms with Crippen molar-refractivity contribution in [2.75, 3.05) is 18.6 Å². The Morgan fingerprint density at radius 1 is 1.17 bits per heavy atom. The first-order valence-electron chi connectivity index (χ1n) is 10.1. The summed E-state index contributed by atoms with van der Waals surface area (Å²) >= 11 is 1.42. The molecule has 0 aliphatic carbocycles. The molecule has 1 aromatic carbocycles. The number of methoxy groups -OCH3 is 1. The molecule has 5 nitrogen and oxygen atoms in total. The van der Waals surface area contributed by atoms with Crippen LogP contribution >= 0.6 is 11.8 Å². The van der Waals surface area contributed by atoms with Gasteiger partial charge >= 0.3 is 0 Å². The Hall–Kier alpha value is -2.19. The van der Waals surface area contributed by atoms with Gasteiger partial charge in [0, 0.05) is 30.3 Å². The normalized spacial score (nSPS) is 12.6. The Labute approximate surface area is 180 Å². The molecule has 2 aromatic heterocycles. The van der Waals surface area contributed by atoms with E-state index in [1.807, 2.05) is 20.8 Å². The third-order valence-corrected chi connectivity index (χ3v) is 6.46. The summed E-state index contributed by atoms with van der Waals surface area (Å²) in [7, 11) is 1.67. The van der Waals surface area contributed by atoms with E-state index in [1.54, 1.807) is 7.11 Å². The summed E-state index contributed by atoms with van der Waals surface area (Å²) in [5.41, 5.74) is 9.84. The van der Waals surface area contributed by atoms with Gasteiger partial charge in [-0.1, -0.05) is 6.42 Å². The number of anilines is 1. The zero-order valence-corrected chi connectivity index (χ0v) is 18.7. The quantitative estimate of drug-likeness (QED) is 0.352. The molecule has 0 aliphatic rings. The van der Waals surface area contributed by atoms with Crippen LogP contribution in [0.3, 0.4) is 0 Å². The van der Waals surface area contributed by atoms with Crippen LogP contribution in [0.25, 0.3) is 11.0 Å². The Bertz CT molecular complexity index is 1040. The van der Waals surface area contributed by atoms with E-state index in [2.05, 4.69) is 9.55 Å². The molecule has 3 aromatic rings. The van der Waals surface area contributed by atoms with Gasteiger partial charge in [0.25, 0.3) is 0 Å². The number of ether oxygens (including phenoxy) is 1. The fourth-order valence-corrected chi connectivity index (χ4v) is 4.41. The maximum atomic E-state index is 13.7. The molecule has 8 heteroatoms. The van der Waals surface area contributed by atoms with Crippen LogP contribution in [0.5, 0.6) is 0 Å². The fourth-order valence-electron chi connectivity index (χ4n) is 3.48. The Morgan fingerprint density at radius 3 is 2.63 bits per heavy atom. The first-order valence-corrected chi connectivity index (χ1v) is 11.1. The number of halogens is 2. The van der Waals surface area contributed by atoms with Gasteiger partial charge in [-0.25, -0.2) is 18.7 Å². The first-order chi connectivity index (χ1) is 14.3. The number of hydrogen-bond donors (Lipinski definition) is 1. The van der Waals surface area contributed by atoms with Crippen LogP contribution in [0.15, 0.2) is 23.1 Å². The Balaban J connectivity index is 1.66. The van der Waals surface area contributed by atoms with Crippen molar-refractivity contribution in [3.05, 3.63) is 46.9 Å². The minimum Gasteiger partial charge on any atom is -0.382 e. The molecule has 2 N–H and O–H groups in total. The van der Waals surface area contributed by atoms with E-state index in [1.165, 1.54) is 23.9 Å². The molecule has 0 saturated heterocycles. The lowest BCUT2D eigenvalue weighted by Crippen LogP contribution is -2.09. The van der Waals surface area contributed by atoms with E-state index in [0.29, 0.717) is 10.7 Å². The van der Waals surface area contributed by atoms with Crippen LogP contribution in [-0.4, -0.2) is 27.4 Å². The second kappa shape index (κ2) is 9.75. The largest absolute Gasteiger partial charge is 0.382 e. The number of fused-ring (bicyclic) bond motifs is 1. The maximum absolute atomic E-state index is 13.7. The predicted molar refractivity (Wildman–Crippen MR) is 118 cm³/mol. The molecule has 2 heterocycles. The number of aryl methyl sites for hydroxylation is 3. The van der Waals surface area contributed by atoms with Gasteiger partial charge < -0.3 is 15.0 Å². The SMILES string of the molecule is COC(C)c1nc2c(N)nc(C)c(C)c2n1CCCCCSc1ccc(F)cc1F. The summed E-state index contributed by atoms with van der Waals surface area (Å²) in [6.45, 7) is 6.75. The van der Waals surface area contributed by atoms with Gasteiger partial charge in [-0.15, -0.1) is 11.8 Å². The minimum absolute atomic E-state index is 0.159. The second-order valence-electron chi connectivity index (χ2n) is 7.39. The summed E-state index contributed by atoms with van der Waals surface area (Å²) in [5, 5.41) is 0. The predicted octanol–water partition coefficient (Wildman–Crippen LogP) is 5.58. The monoisotopic (exact) mass is 434 g/mol. The number of pyridine rings is 1. The van der Waals surface area contributed by atoms with Crippen molar-refractivity contribution in [3.8, 4) is 0 Å². The lowest BCUT2D eigenvalue weighted by atomic mass is 10.2. The molecular formula is C22H28F2N4OS. The lowest BCUT2D eigenvalue weighted by molar-refractivity contribution is 0.109. The number of thioether (sulfide) groups is 1. The number of nitrogens with two attached hydrogens (primary N) is 1. The van der Waals surface area contributed by atoms with Crippen LogP contribution in [0, 0.1) is 25.5 Å². The van der Waals surface area contributed by atoms with Gasteiger partial charge in [0.05, 0.1) is 5.52 Å². The van der Waals surface area contributed by atoms with Gasteiger partial charge in [-0.3, -0.25) is 0 Å². The van der Waals surface area contributed by atoms with Gasteiger partial charge in [-0.2, -0.15) is 0 Å². The van der Waals surface area contributed by atoms with Crippen molar-refractivity contribution >= 4 is 28.6 Å². The smallest absolute Gasteiger partial charge is 0.151 e. The number of benzene rings is 1. The Morgan fingerprint density at radius 2 is 1.93 bits per heavy atom. The molecule has 162 valence electrons. The molecule has 30 heavy (non-hydrogen) atoms. The molecule has 0 bridgehead atoms. The minimum atomic E-state index is -0.549. The number of nitrogens with zero attached hydrogens (tertiary/aromatic N) is 3. The van der Waals surface area contributed by atoms with Gasteiger partial charge in [0.1, 0.15) is 29.1 Å². The number of aromatic nitrogens is 3. The first kappa shape index (κ1) is 22.5. The zero-order valence-electron chi connectivity index (χ0n) is 17.8. The summed E-state index contributed by atoms with van der Waals surface area (Å²) < 4.78 is 34.4. The summed E-state index contributed by atoms with van der Waals surface area (Å²) in [6.07, 6.45) is 2.70. The number of unbranched alkanes of at least 4 members (excludes halogenated alkanes) is 2. The molecule has 0 amide bonds. The van der Waals surface area contributed by atoms with Crippen LogP contribution in [-0.2, 0) is 11.3 Å². The van der Waals surface area contributed by atoms with Crippen molar-refractivity contribution in [1.82, 2.24) is 14.5 Å². The van der Waals surface area contributed by atoms with E-state index < -0.39 is 11.6 Å². The summed E-state index contributed by atoms with van der Waals surface area (Å²) in [4.78, 5) is 9.63. The molecule has 0 aliphatic heterocycles. The molecule has 0 saturated carbocycles. The average Bonchev–Trinajstić information content (AvgIpc) is 3.09. The van der Waals surface area contributed by atoms with Crippen LogP contribution in [0.4, 0.5) is 14.6 Å². The van der Waals surface area contributed by atoms with E-state index in [9.17, 15) is 8.78 Å². The second-order valence-corrected chi connectivity index (χ2v) is 8.52. The van der Waals surface area contributed by atoms with Gasteiger partial charge in [0.15, 0.2) is 5.82 Å². The highest BCUT2D eigenvalue weighted by molar-refractivity contribution is 7.99. The van der Waals surface area contributed by atoms with Crippen molar-refractivity contribution < 1.29 is 13.5 Å². The molecule has 0 radical (unpaired) electrons. The summed E-state index contributed by atoms with van der Waals surface area (Å²) in [5.74, 6) is 1.02. The third kappa shape index (κ3) is 4.75. The molecule has 1 unspecified atom stereocenters. The molecular weight excluding hydrogens is 406 g/mol. The fraction of sp³-hybridized carbons (Fsp3) is 0.455. The van der Waals surface area contributed by atoms with Crippen molar-refractivity contribution in [2.45, 2.75) is 57.6 Å². The van der Waals surface area contributed by atoms with Crippen LogP contribution in [0.2, 0.25) is 0 Å². The van der Waals surface area contributed by atoms with Crippen LogP contribution < -0.4 is 5.73 Å². The topological polar surface area (TPSA) is 66.0 Å². The highest BCUT2D eigenvalue weighted by atomic mass is 32.2. The number of hydrogen-bond acceptors (Lipinski definition) is 5. The van der Waals surface area contributed by atoms with E-state index in [0.717, 1.165) is 65.7 Å². The van der Waals surface area contributed by atoms with Crippen molar-refractivity contribution in [1.29, 1.82) is 0 Å². The molecule has 1 atom stereocenters.